The average Bonchev–Trinajstić information content (AvgIpc) is 2.53. The van der Waals surface area contributed by atoms with Crippen molar-refractivity contribution in [3.05, 3.63) is 0 Å². The lowest BCUT2D eigenvalue weighted by atomic mass is 10.3. The number of hydrogen-bond donors (Lipinski definition) is 2. The number of likely N-dealkylation sites (tertiary alicyclic amines) is 1. The zero-order valence-electron chi connectivity index (χ0n) is 7.18. The Balaban J connectivity index is 1.93. The maximum Gasteiger partial charge on any atom is 0.223 e. The minimum atomic E-state index is 0.244. The third kappa shape index (κ3) is 1.44. The number of nitrogens with one attached hydrogen (secondary N) is 2. The van der Waals surface area contributed by atoms with Gasteiger partial charge in [-0.1, -0.05) is 0 Å². The molecule has 0 aromatic rings. The molecule has 1 amide bonds. The van der Waals surface area contributed by atoms with E-state index in [1.807, 2.05) is 4.90 Å². The van der Waals surface area contributed by atoms with Gasteiger partial charge in [0.2, 0.25) is 5.91 Å². The lowest BCUT2D eigenvalue weighted by Crippen LogP contribution is -2.57. The minimum Gasteiger partial charge on any atom is -0.326 e. The van der Waals surface area contributed by atoms with Gasteiger partial charge in [-0.25, -0.2) is 0 Å². The summed E-state index contributed by atoms with van der Waals surface area (Å²) in [6, 6.07) is 0. The van der Waals surface area contributed by atoms with Crippen LogP contribution in [0, 0.1) is 0 Å². The first-order valence-electron chi connectivity index (χ1n) is 4.61. The molecule has 0 radical (unpaired) electrons. The second-order valence-corrected chi connectivity index (χ2v) is 3.36. The fraction of sp³-hybridized carbons (Fsp3) is 0.875. The van der Waals surface area contributed by atoms with Gasteiger partial charge in [0.05, 0.1) is 6.17 Å². The predicted molar refractivity (Wildman–Crippen MR) is 45.6 cm³/mol. The van der Waals surface area contributed by atoms with Gasteiger partial charge in [0, 0.05) is 32.6 Å². The van der Waals surface area contributed by atoms with Crippen molar-refractivity contribution in [3.63, 3.8) is 0 Å². The van der Waals surface area contributed by atoms with Gasteiger partial charge in [-0.2, -0.15) is 0 Å². The predicted octanol–water partition coefficient (Wildman–Crippen LogP) is -0.872. The first kappa shape index (κ1) is 8.01. The summed E-state index contributed by atoms with van der Waals surface area (Å²) in [5, 5.41) is 6.61. The van der Waals surface area contributed by atoms with Crippen LogP contribution in [-0.2, 0) is 4.79 Å². The lowest BCUT2D eigenvalue weighted by Gasteiger charge is -2.32. The van der Waals surface area contributed by atoms with E-state index in [2.05, 4.69) is 10.6 Å². The highest BCUT2D eigenvalue weighted by Crippen LogP contribution is 2.12. The molecule has 0 bridgehead atoms. The highest BCUT2D eigenvalue weighted by molar-refractivity contribution is 5.78. The number of hydrogen-bond acceptors (Lipinski definition) is 3. The molecule has 1 unspecified atom stereocenters. The highest BCUT2D eigenvalue weighted by Gasteiger charge is 2.28. The van der Waals surface area contributed by atoms with Crippen molar-refractivity contribution in [1.82, 2.24) is 15.5 Å². The molecular weight excluding hydrogens is 154 g/mol. The Bertz CT molecular complexity index is 177. The number of carbonyl (C=O) groups is 1. The molecule has 0 aromatic carbocycles. The van der Waals surface area contributed by atoms with Crippen LogP contribution >= 0.6 is 0 Å². The Morgan fingerprint density at radius 2 is 2.33 bits per heavy atom. The van der Waals surface area contributed by atoms with Crippen molar-refractivity contribution in [3.8, 4) is 0 Å². The van der Waals surface area contributed by atoms with Crippen molar-refractivity contribution < 1.29 is 4.79 Å². The van der Waals surface area contributed by atoms with Gasteiger partial charge < -0.3 is 10.2 Å². The van der Waals surface area contributed by atoms with Gasteiger partial charge in [-0.3, -0.25) is 10.1 Å². The summed E-state index contributed by atoms with van der Waals surface area (Å²) in [4.78, 5) is 13.3. The number of piperazine rings is 1. The molecule has 0 aromatic heterocycles. The summed E-state index contributed by atoms with van der Waals surface area (Å²) in [6.07, 6.45) is 2.00. The molecule has 0 saturated carbocycles. The number of carbonyl (C=O) groups excluding carboxylic acids is 1. The van der Waals surface area contributed by atoms with E-state index in [1.165, 1.54) is 0 Å². The first-order chi connectivity index (χ1) is 5.88. The summed E-state index contributed by atoms with van der Waals surface area (Å²) in [5.41, 5.74) is 0. The van der Waals surface area contributed by atoms with E-state index in [0.717, 1.165) is 39.0 Å². The maximum absolute atomic E-state index is 11.3. The van der Waals surface area contributed by atoms with Gasteiger partial charge in [0.15, 0.2) is 0 Å². The van der Waals surface area contributed by atoms with Crippen molar-refractivity contribution in [2.75, 3.05) is 26.2 Å². The molecule has 12 heavy (non-hydrogen) atoms. The monoisotopic (exact) mass is 169 g/mol. The van der Waals surface area contributed by atoms with E-state index in [0.29, 0.717) is 5.91 Å². The molecule has 2 aliphatic heterocycles. The standard InChI is InChI=1S/C8H15N3O/c12-8-2-1-5-11(8)7-6-9-3-4-10-7/h7,9-10H,1-6H2. The summed E-state index contributed by atoms with van der Waals surface area (Å²) >= 11 is 0. The van der Waals surface area contributed by atoms with E-state index in [9.17, 15) is 4.79 Å². The van der Waals surface area contributed by atoms with Crippen LogP contribution in [0.3, 0.4) is 0 Å². The topological polar surface area (TPSA) is 44.4 Å². The molecule has 2 aliphatic rings. The maximum atomic E-state index is 11.3. The normalized spacial score (nSPS) is 31.2. The van der Waals surface area contributed by atoms with Crippen LogP contribution in [0.4, 0.5) is 0 Å². The fourth-order valence-corrected chi connectivity index (χ4v) is 1.86. The molecule has 68 valence electrons. The van der Waals surface area contributed by atoms with Gasteiger partial charge >= 0.3 is 0 Å². The molecule has 2 fully saturated rings. The highest BCUT2D eigenvalue weighted by atomic mass is 16.2. The summed E-state index contributed by atoms with van der Waals surface area (Å²) in [7, 11) is 0. The largest absolute Gasteiger partial charge is 0.326 e. The van der Waals surface area contributed by atoms with Gasteiger partial charge in [-0.05, 0) is 6.42 Å². The van der Waals surface area contributed by atoms with Crippen molar-refractivity contribution in [2.24, 2.45) is 0 Å². The fourth-order valence-electron chi connectivity index (χ4n) is 1.86. The summed E-state index contributed by atoms with van der Waals surface area (Å²) in [5.74, 6) is 0.302. The van der Waals surface area contributed by atoms with Crippen LogP contribution in [0.5, 0.6) is 0 Å². The van der Waals surface area contributed by atoms with Crippen LogP contribution in [0.15, 0.2) is 0 Å². The number of rotatable bonds is 1. The van der Waals surface area contributed by atoms with E-state index in [1.54, 1.807) is 0 Å². The van der Waals surface area contributed by atoms with E-state index in [-0.39, 0.29) is 6.17 Å². The molecule has 0 aliphatic carbocycles. The van der Waals surface area contributed by atoms with Gasteiger partial charge in [0.25, 0.3) is 0 Å². The smallest absolute Gasteiger partial charge is 0.223 e. The van der Waals surface area contributed by atoms with E-state index < -0.39 is 0 Å². The molecule has 2 rings (SSSR count). The van der Waals surface area contributed by atoms with Crippen molar-refractivity contribution in [2.45, 2.75) is 19.0 Å². The number of nitrogens with zero attached hydrogens (tertiary/aromatic N) is 1. The zero-order valence-corrected chi connectivity index (χ0v) is 7.18. The summed E-state index contributed by atoms with van der Waals surface area (Å²) < 4.78 is 0. The Hall–Kier alpha value is -0.610. The van der Waals surface area contributed by atoms with Crippen molar-refractivity contribution >= 4 is 5.91 Å². The Kier molecular flexibility index (Phi) is 2.28. The van der Waals surface area contributed by atoms with Crippen LogP contribution in [0.1, 0.15) is 12.8 Å². The summed E-state index contributed by atoms with van der Waals surface area (Å²) in [6.45, 7) is 3.80. The average molecular weight is 169 g/mol. The third-order valence-corrected chi connectivity index (χ3v) is 2.51. The quantitative estimate of drug-likeness (QED) is 0.536. The van der Waals surface area contributed by atoms with Crippen LogP contribution in [0.25, 0.3) is 0 Å². The van der Waals surface area contributed by atoms with Crippen molar-refractivity contribution in [1.29, 1.82) is 0 Å². The second-order valence-electron chi connectivity index (χ2n) is 3.36. The molecule has 4 heteroatoms. The second kappa shape index (κ2) is 3.41. The molecule has 2 saturated heterocycles. The van der Waals surface area contributed by atoms with Crippen LogP contribution < -0.4 is 10.6 Å². The Morgan fingerprint density at radius 1 is 1.42 bits per heavy atom. The Morgan fingerprint density at radius 3 is 2.92 bits per heavy atom. The first-order valence-corrected chi connectivity index (χ1v) is 4.61. The molecule has 2 N–H and O–H groups in total. The van der Waals surface area contributed by atoms with Gasteiger partial charge in [-0.15, -0.1) is 0 Å². The SMILES string of the molecule is O=C1CCCN1C1CNCCN1. The van der Waals surface area contributed by atoms with E-state index in [4.69, 9.17) is 0 Å². The minimum absolute atomic E-state index is 0.244. The van der Waals surface area contributed by atoms with E-state index >= 15 is 0 Å². The molecule has 1 atom stereocenters. The molecule has 2 heterocycles. The van der Waals surface area contributed by atoms with Crippen LogP contribution in [0.2, 0.25) is 0 Å². The number of amides is 1. The van der Waals surface area contributed by atoms with Crippen LogP contribution in [-0.4, -0.2) is 43.2 Å². The van der Waals surface area contributed by atoms with Gasteiger partial charge in [0.1, 0.15) is 0 Å². The molecular formula is C8H15N3O. The Labute approximate surface area is 72.3 Å². The third-order valence-electron chi connectivity index (χ3n) is 2.51. The zero-order chi connectivity index (χ0) is 8.39. The lowest BCUT2D eigenvalue weighted by molar-refractivity contribution is -0.130. The molecule has 0 spiro atoms. The molecule has 4 nitrogen and oxygen atoms in total.